The highest BCUT2D eigenvalue weighted by Crippen LogP contribution is 2.18. The number of likely N-dealkylation sites (tertiary alicyclic amines) is 1. The van der Waals surface area contributed by atoms with Crippen molar-refractivity contribution in [2.24, 2.45) is 0 Å². The van der Waals surface area contributed by atoms with Crippen molar-refractivity contribution in [3.63, 3.8) is 0 Å². The average molecular weight is 424 g/mol. The lowest BCUT2D eigenvalue weighted by Crippen LogP contribution is -2.46. The summed E-state index contributed by atoms with van der Waals surface area (Å²) in [4.78, 5) is 30.9. The Labute approximate surface area is 179 Å². The molecule has 0 bridgehead atoms. The highest BCUT2D eigenvalue weighted by atomic mass is 35.5. The van der Waals surface area contributed by atoms with Crippen LogP contribution in [0.4, 0.5) is 0 Å². The van der Waals surface area contributed by atoms with E-state index in [9.17, 15) is 9.59 Å². The van der Waals surface area contributed by atoms with Gasteiger partial charge in [-0.05, 0) is 36.6 Å². The van der Waals surface area contributed by atoms with Crippen LogP contribution in [0.25, 0.3) is 0 Å². The van der Waals surface area contributed by atoms with Gasteiger partial charge in [0.25, 0.3) is 11.8 Å². The normalized spacial score (nSPS) is 14.5. The number of rotatable bonds is 5. The second-order valence-corrected chi connectivity index (χ2v) is 7.71. The minimum absolute atomic E-state index is 0.0440. The first kappa shape index (κ1) is 20.1. The van der Waals surface area contributed by atoms with Gasteiger partial charge in [0.1, 0.15) is 0 Å². The molecule has 1 fully saturated rings. The quantitative estimate of drug-likeness (QED) is 0.684. The van der Waals surface area contributed by atoms with Gasteiger partial charge in [0.2, 0.25) is 0 Å². The van der Waals surface area contributed by atoms with Gasteiger partial charge in [-0.25, -0.2) is 0 Å². The van der Waals surface area contributed by atoms with Crippen molar-refractivity contribution in [2.75, 3.05) is 13.1 Å². The Morgan fingerprint density at radius 3 is 2.60 bits per heavy atom. The molecule has 3 aromatic rings. The fraction of sp³-hybridized carbons (Fsp3) is 0.273. The van der Waals surface area contributed by atoms with E-state index in [1.54, 1.807) is 41.6 Å². The molecular weight excluding hydrogens is 402 g/mol. The second-order valence-electron chi connectivity index (χ2n) is 7.30. The van der Waals surface area contributed by atoms with Gasteiger partial charge in [-0.3, -0.25) is 19.3 Å². The standard InChI is InChI=1S/C22H22ClN5O2/c23-20-6-2-1-4-17(20)14-28-15-18(13-25-28)22(30)27-10-7-19(8-11-27)26-21(29)16-5-3-9-24-12-16/h1-6,9,12-13,15,19H,7-8,10-11,14H2,(H,26,29). The summed E-state index contributed by atoms with van der Waals surface area (Å²) in [7, 11) is 0. The fourth-order valence-electron chi connectivity index (χ4n) is 3.54. The third-order valence-electron chi connectivity index (χ3n) is 5.21. The molecule has 3 heterocycles. The lowest BCUT2D eigenvalue weighted by Gasteiger charge is -2.32. The number of pyridine rings is 1. The summed E-state index contributed by atoms with van der Waals surface area (Å²) in [5, 5.41) is 8.01. The zero-order chi connectivity index (χ0) is 20.9. The minimum atomic E-state index is -0.131. The van der Waals surface area contributed by atoms with E-state index < -0.39 is 0 Å². The number of carbonyl (C=O) groups is 2. The maximum atomic E-state index is 12.8. The number of halogens is 1. The summed E-state index contributed by atoms with van der Waals surface area (Å²) in [6.45, 7) is 1.69. The van der Waals surface area contributed by atoms with E-state index in [4.69, 9.17) is 11.6 Å². The van der Waals surface area contributed by atoms with Crippen molar-refractivity contribution < 1.29 is 9.59 Å². The summed E-state index contributed by atoms with van der Waals surface area (Å²) < 4.78 is 1.72. The van der Waals surface area contributed by atoms with Gasteiger partial charge >= 0.3 is 0 Å². The van der Waals surface area contributed by atoms with Gasteiger partial charge in [-0.2, -0.15) is 5.10 Å². The molecule has 2 amide bonds. The van der Waals surface area contributed by atoms with E-state index in [2.05, 4.69) is 15.4 Å². The topological polar surface area (TPSA) is 80.1 Å². The number of piperidine rings is 1. The maximum Gasteiger partial charge on any atom is 0.257 e. The highest BCUT2D eigenvalue weighted by Gasteiger charge is 2.25. The molecule has 1 aromatic carbocycles. The van der Waals surface area contributed by atoms with Gasteiger partial charge in [0.15, 0.2) is 0 Å². The molecule has 0 saturated carbocycles. The number of carbonyl (C=O) groups excluding carboxylic acids is 2. The van der Waals surface area contributed by atoms with Crippen LogP contribution in [0.15, 0.2) is 61.2 Å². The molecule has 0 atom stereocenters. The van der Waals surface area contributed by atoms with Crippen LogP contribution in [0.5, 0.6) is 0 Å². The molecular formula is C22H22ClN5O2. The number of aromatic nitrogens is 3. The second kappa shape index (κ2) is 9.09. The fourth-order valence-corrected chi connectivity index (χ4v) is 3.73. The van der Waals surface area contributed by atoms with Crippen LogP contribution in [-0.2, 0) is 6.54 Å². The van der Waals surface area contributed by atoms with Crippen LogP contribution in [-0.4, -0.2) is 50.6 Å². The third kappa shape index (κ3) is 4.68. The predicted molar refractivity (Wildman–Crippen MR) is 113 cm³/mol. The van der Waals surface area contributed by atoms with Gasteiger partial charge in [-0.15, -0.1) is 0 Å². The highest BCUT2D eigenvalue weighted by molar-refractivity contribution is 6.31. The SMILES string of the molecule is O=C(NC1CCN(C(=O)c2cnn(Cc3ccccc3Cl)c2)CC1)c1cccnc1. The first-order valence-electron chi connectivity index (χ1n) is 9.86. The van der Waals surface area contributed by atoms with Crippen molar-refractivity contribution in [2.45, 2.75) is 25.4 Å². The lowest BCUT2D eigenvalue weighted by molar-refractivity contribution is 0.0698. The zero-order valence-corrected chi connectivity index (χ0v) is 17.1. The van der Waals surface area contributed by atoms with Crippen molar-refractivity contribution >= 4 is 23.4 Å². The Morgan fingerprint density at radius 1 is 1.07 bits per heavy atom. The molecule has 4 rings (SSSR count). The Morgan fingerprint density at radius 2 is 1.87 bits per heavy atom. The van der Waals surface area contributed by atoms with E-state index in [1.165, 1.54) is 0 Å². The van der Waals surface area contributed by atoms with E-state index in [-0.39, 0.29) is 17.9 Å². The summed E-state index contributed by atoms with van der Waals surface area (Å²) >= 11 is 6.20. The Balaban J connectivity index is 1.31. The monoisotopic (exact) mass is 423 g/mol. The molecule has 1 saturated heterocycles. The Kier molecular flexibility index (Phi) is 6.09. The summed E-state index contributed by atoms with van der Waals surface area (Å²) in [6.07, 6.45) is 7.96. The molecule has 30 heavy (non-hydrogen) atoms. The molecule has 0 unspecified atom stereocenters. The van der Waals surface area contributed by atoms with Gasteiger partial charge in [-0.1, -0.05) is 29.8 Å². The van der Waals surface area contributed by atoms with Crippen LogP contribution in [0, 0.1) is 0 Å². The number of hydrogen-bond donors (Lipinski definition) is 1. The third-order valence-corrected chi connectivity index (χ3v) is 5.58. The molecule has 0 radical (unpaired) electrons. The number of hydrogen-bond acceptors (Lipinski definition) is 4. The largest absolute Gasteiger partial charge is 0.349 e. The smallest absolute Gasteiger partial charge is 0.257 e. The number of amides is 2. The minimum Gasteiger partial charge on any atom is -0.349 e. The zero-order valence-electron chi connectivity index (χ0n) is 16.4. The van der Waals surface area contributed by atoms with E-state index in [1.807, 2.05) is 29.2 Å². The van der Waals surface area contributed by atoms with Crippen LogP contribution in [0.1, 0.15) is 39.1 Å². The molecule has 1 N–H and O–H groups in total. The van der Waals surface area contributed by atoms with Crippen molar-refractivity contribution in [3.8, 4) is 0 Å². The van der Waals surface area contributed by atoms with Crippen LogP contribution in [0.2, 0.25) is 5.02 Å². The molecule has 0 spiro atoms. The molecule has 2 aromatic heterocycles. The molecule has 1 aliphatic rings. The van der Waals surface area contributed by atoms with Crippen molar-refractivity contribution in [1.29, 1.82) is 0 Å². The summed E-state index contributed by atoms with van der Waals surface area (Å²) in [6, 6.07) is 11.1. The Hall–Kier alpha value is -3.19. The number of nitrogens with zero attached hydrogens (tertiary/aromatic N) is 4. The molecule has 154 valence electrons. The van der Waals surface area contributed by atoms with Crippen LogP contribution in [0.3, 0.4) is 0 Å². The maximum absolute atomic E-state index is 12.8. The molecule has 8 heteroatoms. The summed E-state index contributed by atoms with van der Waals surface area (Å²) in [5.74, 6) is -0.175. The Bertz CT molecular complexity index is 1030. The van der Waals surface area contributed by atoms with E-state index in [0.717, 1.165) is 5.56 Å². The first-order valence-corrected chi connectivity index (χ1v) is 10.2. The lowest BCUT2D eigenvalue weighted by atomic mass is 10.0. The molecule has 0 aliphatic carbocycles. The van der Waals surface area contributed by atoms with E-state index >= 15 is 0 Å². The van der Waals surface area contributed by atoms with Crippen LogP contribution < -0.4 is 5.32 Å². The van der Waals surface area contributed by atoms with Crippen LogP contribution >= 0.6 is 11.6 Å². The average Bonchev–Trinajstić information content (AvgIpc) is 3.24. The summed E-state index contributed by atoms with van der Waals surface area (Å²) in [5.41, 5.74) is 2.05. The van der Waals surface area contributed by atoms with E-state index in [0.29, 0.717) is 48.6 Å². The number of benzene rings is 1. The number of nitrogens with one attached hydrogen (secondary N) is 1. The molecule has 7 nitrogen and oxygen atoms in total. The van der Waals surface area contributed by atoms with Gasteiger partial charge < -0.3 is 10.2 Å². The first-order chi connectivity index (χ1) is 14.6. The van der Waals surface area contributed by atoms with Crippen molar-refractivity contribution in [3.05, 3.63) is 82.9 Å². The van der Waals surface area contributed by atoms with Gasteiger partial charge in [0, 0.05) is 42.7 Å². The van der Waals surface area contributed by atoms with Crippen molar-refractivity contribution in [1.82, 2.24) is 25.0 Å². The predicted octanol–water partition coefficient (Wildman–Crippen LogP) is 3.01. The molecule has 1 aliphatic heterocycles. The van der Waals surface area contributed by atoms with Gasteiger partial charge in [0.05, 0.1) is 23.9 Å².